The van der Waals surface area contributed by atoms with Crippen LogP contribution in [0.5, 0.6) is 0 Å². The predicted octanol–water partition coefficient (Wildman–Crippen LogP) is 4.31. The van der Waals surface area contributed by atoms with E-state index in [2.05, 4.69) is 27.6 Å². The molecule has 0 fully saturated rings. The fourth-order valence-corrected chi connectivity index (χ4v) is 5.10. The van der Waals surface area contributed by atoms with E-state index in [1.54, 1.807) is 28.8 Å². The minimum atomic E-state index is -0.627. The summed E-state index contributed by atoms with van der Waals surface area (Å²) in [7, 11) is 1.76. The van der Waals surface area contributed by atoms with Gasteiger partial charge >= 0.3 is 6.09 Å². The zero-order valence-electron chi connectivity index (χ0n) is 27.6. The zero-order valence-corrected chi connectivity index (χ0v) is 27.6. The van der Waals surface area contributed by atoms with Crippen molar-refractivity contribution in [1.82, 2.24) is 30.4 Å². The molecule has 2 aromatic carbocycles. The highest BCUT2D eigenvalue weighted by atomic mass is 16.6. The molecule has 3 aromatic rings. The SMILES string of the molecule is Cc1noc(-c2ccc(C)c(N(CC(=O)NCCN(C(=O)OC(C)(C)C)C(C)C)CC(=O)N(C)N3Cc4ccccc4C3)c2)n1. The van der Waals surface area contributed by atoms with Gasteiger partial charge in [0.25, 0.3) is 11.8 Å². The number of aryl methyl sites for hydroxylation is 2. The lowest BCUT2D eigenvalue weighted by Crippen LogP contribution is -2.49. The quantitative estimate of drug-likeness (QED) is 0.334. The smallest absolute Gasteiger partial charge is 0.410 e. The lowest BCUT2D eigenvalue weighted by Gasteiger charge is -2.32. The molecule has 0 spiro atoms. The van der Waals surface area contributed by atoms with Crippen LogP contribution in [0, 0.1) is 13.8 Å². The molecule has 0 atom stereocenters. The van der Waals surface area contributed by atoms with Crippen LogP contribution in [0.3, 0.4) is 0 Å². The van der Waals surface area contributed by atoms with Gasteiger partial charge in [0.2, 0.25) is 5.91 Å². The summed E-state index contributed by atoms with van der Waals surface area (Å²) < 4.78 is 10.9. The van der Waals surface area contributed by atoms with Crippen molar-refractivity contribution in [3.63, 3.8) is 0 Å². The van der Waals surface area contributed by atoms with Crippen molar-refractivity contribution < 1.29 is 23.6 Å². The molecule has 12 heteroatoms. The Labute approximate surface area is 265 Å². The van der Waals surface area contributed by atoms with Crippen LogP contribution in [0.1, 0.15) is 57.1 Å². The van der Waals surface area contributed by atoms with Crippen molar-refractivity contribution >= 4 is 23.6 Å². The predicted molar refractivity (Wildman–Crippen MR) is 171 cm³/mol. The number of aromatic nitrogens is 2. The molecule has 0 aliphatic carbocycles. The van der Waals surface area contributed by atoms with Crippen molar-refractivity contribution in [2.75, 3.05) is 38.1 Å². The van der Waals surface area contributed by atoms with Crippen LogP contribution in [-0.2, 0) is 27.4 Å². The maximum Gasteiger partial charge on any atom is 0.410 e. The maximum absolute atomic E-state index is 13.7. The van der Waals surface area contributed by atoms with Crippen LogP contribution in [0.25, 0.3) is 11.5 Å². The van der Waals surface area contributed by atoms with Gasteiger partial charge in [0.1, 0.15) is 5.60 Å². The summed E-state index contributed by atoms with van der Waals surface area (Å²) in [6.45, 7) is 14.6. The Bertz CT molecular complexity index is 1490. The van der Waals surface area contributed by atoms with Crippen LogP contribution in [0.2, 0.25) is 0 Å². The first-order valence-electron chi connectivity index (χ1n) is 15.2. The van der Waals surface area contributed by atoms with Crippen molar-refractivity contribution in [2.45, 2.75) is 73.2 Å². The van der Waals surface area contributed by atoms with Gasteiger partial charge in [-0.15, -0.1) is 0 Å². The molecule has 1 N–H and O–H groups in total. The minimum absolute atomic E-state index is 0.0417. The third-order valence-corrected chi connectivity index (χ3v) is 7.52. The molecule has 3 amide bonds. The van der Waals surface area contributed by atoms with Crippen molar-refractivity contribution in [1.29, 1.82) is 0 Å². The first-order chi connectivity index (χ1) is 21.2. The number of hydrogen-bond donors (Lipinski definition) is 1. The molecule has 0 unspecified atom stereocenters. The number of amides is 3. The lowest BCUT2D eigenvalue weighted by atomic mass is 10.1. The van der Waals surface area contributed by atoms with E-state index in [1.807, 2.05) is 76.9 Å². The molecule has 4 rings (SSSR count). The van der Waals surface area contributed by atoms with Gasteiger partial charge in [-0.2, -0.15) is 4.98 Å². The normalized spacial score (nSPS) is 13.0. The minimum Gasteiger partial charge on any atom is -0.444 e. The van der Waals surface area contributed by atoms with Gasteiger partial charge in [-0.3, -0.25) is 14.6 Å². The van der Waals surface area contributed by atoms with Gasteiger partial charge in [-0.05, 0) is 77.3 Å². The number of nitrogens with one attached hydrogen (secondary N) is 1. The summed E-state index contributed by atoms with van der Waals surface area (Å²) in [5.41, 5.74) is 4.01. The van der Waals surface area contributed by atoms with E-state index < -0.39 is 11.7 Å². The molecule has 1 aromatic heterocycles. The number of carbonyl (C=O) groups is 3. The zero-order chi connectivity index (χ0) is 32.9. The highest BCUT2D eigenvalue weighted by Crippen LogP contribution is 2.28. The average Bonchev–Trinajstić information content (AvgIpc) is 3.60. The third kappa shape index (κ3) is 8.81. The summed E-state index contributed by atoms with van der Waals surface area (Å²) in [6.07, 6.45) is -0.435. The number of hydrogen-bond acceptors (Lipinski definition) is 9. The van der Waals surface area contributed by atoms with E-state index in [-0.39, 0.29) is 44.0 Å². The highest BCUT2D eigenvalue weighted by Gasteiger charge is 2.28. The topological polar surface area (TPSA) is 124 Å². The van der Waals surface area contributed by atoms with E-state index in [0.717, 1.165) is 5.56 Å². The molecule has 1 aliphatic rings. The molecule has 242 valence electrons. The number of rotatable bonds is 11. The molecule has 0 radical (unpaired) electrons. The Kier molecular flexibility index (Phi) is 10.5. The van der Waals surface area contributed by atoms with Crippen LogP contribution in [-0.4, -0.2) is 87.8 Å². The lowest BCUT2D eigenvalue weighted by molar-refractivity contribution is -0.145. The Morgan fingerprint density at radius 3 is 2.29 bits per heavy atom. The molecule has 0 bridgehead atoms. The molecule has 2 heterocycles. The number of benzene rings is 2. The third-order valence-electron chi connectivity index (χ3n) is 7.52. The molecule has 1 aliphatic heterocycles. The standard InChI is InChI=1S/C33H45N7O5/c1-22(2)40(32(43)44-33(5,6)7)16-15-34-29(41)20-38(28-17-25(14-13-23(28)3)31-35-24(4)36-45-31)21-30(42)37(8)39-18-26-11-9-10-12-27(26)19-39/h9-14,17,22H,15-16,18-21H2,1-8H3,(H,34,41). The Morgan fingerprint density at radius 2 is 1.71 bits per heavy atom. The summed E-state index contributed by atoms with van der Waals surface area (Å²) in [5, 5.41) is 10.4. The van der Waals surface area contributed by atoms with E-state index in [9.17, 15) is 14.4 Å². The fourth-order valence-electron chi connectivity index (χ4n) is 5.10. The van der Waals surface area contributed by atoms with Crippen LogP contribution in [0.15, 0.2) is 47.0 Å². The number of carbonyl (C=O) groups excluding carboxylic acids is 3. The first-order valence-corrected chi connectivity index (χ1v) is 15.2. The number of nitrogens with zero attached hydrogens (tertiary/aromatic N) is 6. The highest BCUT2D eigenvalue weighted by molar-refractivity contribution is 5.87. The average molecular weight is 620 g/mol. The van der Waals surface area contributed by atoms with Gasteiger partial charge in [-0.25, -0.2) is 9.80 Å². The van der Waals surface area contributed by atoms with Gasteiger partial charge < -0.3 is 24.4 Å². The second-order valence-corrected chi connectivity index (χ2v) is 12.6. The van der Waals surface area contributed by atoms with Crippen molar-refractivity contribution in [3.05, 3.63) is 65.0 Å². The molecule has 0 saturated heterocycles. The maximum atomic E-state index is 13.7. The number of hydrazine groups is 1. The molecule has 12 nitrogen and oxygen atoms in total. The Hall–Kier alpha value is -4.45. The molecular weight excluding hydrogens is 574 g/mol. The molecular formula is C33H45N7O5. The summed E-state index contributed by atoms with van der Waals surface area (Å²) >= 11 is 0. The van der Waals surface area contributed by atoms with E-state index in [1.165, 1.54) is 11.1 Å². The van der Waals surface area contributed by atoms with Gasteiger partial charge in [0.15, 0.2) is 5.82 Å². The number of likely N-dealkylation sites (N-methyl/N-ethyl adjacent to an activating group) is 1. The second-order valence-electron chi connectivity index (χ2n) is 12.6. The first kappa shape index (κ1) is 33.4. The monoisotopic (exact) mass is 619 g/mol. The van der Waals surface area contributed by atoms with Crippen molar-refractivity contribution in [2.24, 2.45) is 0 Å². The summed E-state index contributed by atoms with van der Waals surface area (Å²) in [6, 6.07) is 13.7. The Morgan fingerprint density at radius 1 is 1.04 bits per heavy atom. The molecule has 45 heavy (non-hydrogen) atoms. The summed E-state index contributed by atoms with van der Waals surface area (Å²) in [4.78, 5) is 47.4. The Balaban J connectivity index is 1.49. The number of ether oxygens (including phenoxy) is 1. The largest absolute Gasteiger partial charge is 0.444 e. The van der Waals surface area contributed by atoms with Gasteiger partial charge in [0, 0.05) is 50.5 Å². The van der Waals surface area contributed by atoms with Crippen LogP contribution in [0.4, 0.5) is 10.5 Å². The fraction of sp³-hybridized carbons (Fsp3) is 0.485. The molecule has 0 saturated carbocycles. The second kappa shape index (κ2) is 14.1. The summed E-state index contributed by atoms with van der Waals surface area (Å²) in [5.74, 6) is 0.413. The van der Waals surface area contributed by atoms with Crippen LogP contribution >= 0.6 is 0 Å². The van der Waals surface area contributed by atoms with Crippen LogP contribution < -0.4 is 10.2 Å². The van der Waals surface area contributed by atoms with E-state index in [4.69, 9.17) is 9.26 Å². The van der Waals surface area contributed by atoms with E-state index >= 15 is 0 Å². The van der Waals surface area contributed by atoms with Crippen molar-refractivity contribution in [3.8, 4) is 11.5 Å². The number of fused-ring (bicyclic) bond motifs is 1. The van der Waals surface area contributed by atoms with Gasteiger partial charge in [0.05, 0.1) is 13.1 Å². The van der Waals surface area contributed by atoms with Gasteiger partial charge in [-0.1, -0.05) is 35.5 Å². The number of anilines is 1. The van der Waals surface area contributed by atoms with E-state index in [0.29, 0.717) is 36.1 Å².